The molecule has 0 spiro atoms. The first kappa shape index (κ1) is 30.8. The molecule has 0 aliphatic heterocycles. The number of aryl methyl sites for hydroxylation is 1. The number of para-hydroxylation sites is 1. The van der Waals surface area contributed by atoms with Crippen molar-refractivity contribution in [1.82, 2.24) is 10.2 Å². The zero-order valence-corrected chi connectivity index (χ0v) is 25.1. The van der Waals surface area contributed by atoms with Crippen molar-refractivity contribution in [3.05, 3.63) is 92.9 Å². The Balaban J connectivity index is 2.08. The van der Waals surface area contributed by atoms with Gasteiger partial charge in [0.25, 0.3) is 10.0 Å². The molecule has 0 aliphatic rings. The summed E-state index contributed by atoms with van der Waals surface area (Å²) in [6.07, 6.45) is 0. The van der Waals surface area contributed by atoms with Crippen molar-refractivity contribution in [2.45, 2.75) is 51.2 Å². The number of anilines is 1. The molecule has 1 atom stereocenters. The molecule has 11 heteroatoms. The van der Waals surface area contributed by atoms with Crippen molar-refractivity contribution in [3.63, 3.8) is 0 Å². The lowest BCUT2D eigenvalue weighted by Gasteiger charge is -2.33. The van der Waals surface area contributed by atoms with Gasteiger partial charge in [0.15, 0.2) is 0 Å². The Morgan fingerprint density at radius 1 is 0.872 bits per heavy atom. The highest BCUT2D eigenvalue weighted by Crippen LogP contribution is 2.30. The summed E-state index contributed by atoms with van der Waals surface area (Å²) in [5.41, 5.74) is 1.42. The summed E-state index contributed by atoms with van der Waals surface area (Å²) >= 11 is 18.8. The smallest absolute Gasteiger partial charge is 0.264 e. The van der Waals surface area contributed by atoms with Gasteiger partial charge in [-0.15, -0.1) is 0 Å². The molecule has 7 nitrogen and oxygen atoms in total. The van der Waals surface area contributed by atoms with E-state index in [0.29, 0.717) is 31.9 Å². The zero-order valence-electron chi connectivity index (χ0n) is 22.0. The van der Waals surface area contributed by atoms with Gasteiger partial charge in [-0.2, -0.15) is 0 Å². The van der Waals surface area contributed by atoms with Crippen LogP contribution in [0.5, 0.6) is 0 Å². The number of amides is 2. The molecule has 3 rings (SSSR count). The number of carbonyl (C=O) groups excluding carboxylic acids is 2. The quantitative estimate of drug-likeness (QED) is 0.301. The molecular weight excluding hydrogens is 581 g/mol. The molecular formula is C28H30Cl3N3O4S. The molecule has 39 heavy (non-hydrogen) atoms. The predicted octanol–water partition coefficient (Wildman–Crippen LogP) is 6.09. The second kappa shape index (κ2) is 13.0. The Labute approximate surface area is 244 Å². The maximum Gasteiger partial charge on any atom is 0.264 e. The molecule has 2 amide bonds. The van der Waals surface area contributed by atoms with E-state index in [9.17, 15) is 18.0 Å². The number of carbonyl (C=O) groups is 2. The minimum absolute atomic E-state index is 0.0331. The van der Waals surface area contributed by atoms with Crippen LogP contribution in [0, 0.1) is 6.92 Å². The highest BCUT2D eigenvalue weighted by molar-refractivity contribution is 7.92. The molecule has 0 unspecified atom stereocenters. The van der Waals surface area contributed by atoms with Crippen LogP contribution in [0.3, 0.4) is 0 Å². The van der Waals surface area contributed by atoms with Crippen LogP contribution in [0.1, 0.15) is 31.9 Å². The molecule has 1 N–H and O–H groups in total. The average molecular weight is 611 g/mol. The zero-order chi connectivity index (χ0) is 28.9. The monoisotopic (exact) mass is 609 g/mol. The van der Waals surface area contributed by atoms with E-state index in [2.05, 4.69) is 5.32 Å². The van der Waals surface area contributed by atoms with Gasteiger partial charge >= 0.3 is 0 Å². The molecule has 0 heterocycles. The Hall–Kier alpha value is -2.78. The molecule has 208 valence electrons. The summed E-state index contributed by atoms with van der Waals surface area (Å²) < 4.78 is 28.8. The molecule has 0 aromatic heterocycles. The van der Waals surface area contributed by atoms with E-state index in [1.165, 1.54) is 29.2 Å². The van der Waals surface area contributed by atoms with Gasteiger partial charge in [-0.1, -0.05) is 59.1 Å². The van der Waals surface area contributed by atoms with E-state index in [1.807, 2.05) is 0 Å². The molecule has 3 aromatic rings. The summed E-state index contributed by atoms with van der Waals surface area (Å²) in [4.78, 5) is 28.2. The minimum Gasteiger partial charge on any atom is -0.352 e. The lowest BCUT2D eigenvalue weighted by Crippen LogP contribution is -2.52. The van der Waals surface area contributed by atoms with Gasteiger partial charge in [-0.25, -0.2) is 8.42 Å². The lowest BCUT2D eigenvalue weighted by atomic mass is 10.1. The number of sulfonamides is 1. The SMILES string of the molecule is Cc1ccccc1N(CC(=O)N(Cc1c(Cl)cccc1Cl)[C@@H](C)C(=O)NC(C)C)S(=O)(=O)c1ccc(Cl)cc1. The van der Waals surface area contributed by atoms with Crippen molar-refractivity contribution >= 4 is 62.3 Å². The van der Waals surface area contributed by atoms with Crippen molar-refractivity contribution in [3.8, 4) is 0 Å². The molecule has 3 aromatic carbocycles. The van der Waals surface area contributed by atoms with E-state index in [-0.39, 0.29) is 17.5 Å². The Bertz CT molecular complexity index is 1430. The van der Waals surface area contributed by atoms with Crippen molar-refractivity contribution in [2.75, 3.05) is 10.8 Å². The number of nitrogens with one attached hydrogen (secondary N) is 1. The number of hydrogen-bond acceptors (Lipinski definition) is 4. The highest BCUT2D eigenvalue weighted by Gasteiger charge is 2.33. The summed E-state index contributed by atoms with van der Waals surface area (Å²) in [6.45, 7) is 6.26. The van der Waals surface area contributed by atoms with Gasteiger partial charge in [0.2, 0.25) is 11.8 Å². The van der Waals surface area contributed by atoms with Crippen molar-refractivity contribution < 1.29 is 18.0 Å². The molecule has 0 fully saturated rings. The van der Waals surface area contributed by atoms with Gasteiger partial charge in [-0.05, 0) is 75.7 Å². The first-order valence-electron chi connectivity index (χ1n) is 12.2. The van der Waals surface area contributed by atoms with Crippen LogP contribution in [0.2, 0.25) is 15.1 Å². The van der Waals surface area contributed by atoms with Crippen LogP contribution < -0.4 is 9.62 Å². The largest absolute Gasteiger partial charge is 0.352 e. The van der Waals surface area contributed by atoms with Crippen molar-refractivity contribution in [1.29, 1.82) is 0 Å². The fraction of sp³-hybridized carbons (Fsp3) is 0.286. The van der Waals surface area contributed by atoms with E-state index in [0.717, 1.165) is 4.31 Å². The summed E-state index contributed by atoms with van der Waals surface area (Å²) in [7, 11) is -4.20. The summed E-state index contributed by atoms with van der Waals surface area (Å²) in [5.74, 6) is -1.01. The predicted molar refractivity (Wildman–Crippen MR) is 157 cm³/mol. The third-order valence-electron chi connectivity index (χ3n) is 6.05. The van der Waals surface area contributed by atoms with Crippen LogP contribution in [0.15, 0.2) is 71.6 Å². The van der Waals surface area contributed by atoms with Gasteiger partial charge in [0.05, 0.1) is 10.6 Å². The van der Waals surface area contributed by atoms with Gasteiger partial charge in [0, 0.05) is 33.2 Å². The van der Waals surface area contributed by atoms with E-state index in [4.69, 9.17) is 34.8 Å². The van der Waals surface area contributed by atoms with Crippen LogP contribution in [0.4, 0.5) is 5.69 Å². The molecule has 0 bridgehead atoms. The lowest BCUT2D eigenvalue weighted by molar-refractivity contribution is -0.139. The number of benzene rings is 3. The molecule has 0 aliphatic carbocycles. The maximum absolute atomic E-state index is 14.0. The fourth-order valence-electron chi connectivity index (χ4n) is 3.93. The molecule has 0 saturated heterocycles. The van der Waals surface area contributed by atoms with E-state index >= 15 is 0 Å². The van der Waals surface area contributed by atoms with E-state index < -0.39 is 34.4 Å². The topological polar surface area (TPSA) is 86.8 Å². The summed E-state index contributed by atoms with van der Waals surface area (Å²) in [5, 5.41) is 3.82. The third-order valence-corrected chi connectivity index (χ3v) is 8.79. The van der Waals surface area contributed by atoms with Gasteiger partial charge < -0.3 is 10.2 Å². The normalized spacial score (nSPS) is 12.2. The van der Waals surface area contributed by atoms with Crippen molar-refractivity contribution in [2.24, 2.45) is 0 Å². The molecule has 0 radical (unpaired) electrons. The first-order valence-corrected chi connectivity index (χ1v) is 14.8. The van der Waals surface area contributed by atoms with E-state index in [1.54, 1.807) is 70.2 Å². The highest BCUT2D eigenvalue weighted by atomic mass is 35.5. The van der Waals surface area contributed by atoms with Crippen LogP contribution in [-0.4, -0.2) is 43.8 Å². The van der Waals surface area contributed by atoms with Crippen LogP contribution in [0.25, 0.3) is 0 Å². The number of halogens is 3. The fourth-order valence-corrected chi connectivity index (χ4v) is 6.05. The average Bonchev–Trinajstić information content (AvgIpc) is 2.87. The minimum atomic E-state index is -4.20. The van der Waals surface area contributed by atoms with Crippen LogP contribution >= 0.6 is 34.8 Å². The third kappa shape index (κ3) is 7.45. The number of hydrogen-bond donors (Lipinski definition) is 1. The Kier molecular flexibility index (Phi) is 10.3. The Morgan fingerprint density at radius 2 is 1.46 bits per heavy atom. The number of nitrogens with zero attached hydrogens (tertiary/aromatic N) is 2. The van der Waals surface area contributed by atoms with Crippen LogP contribution in [-0.2, 0) is 26.2 Å². The second-order valence-corrected chi connectivity index (χ2v) is 12.4. The maximum atomic E-state index is 14.0. The van der Waals surface area contributed by atoms with Gasteiger partial charge in [-0.3, -0.25) is 13.9 Å². The van der Waals surface area contributed by atoms with Gasteiger partial charge in [0.1, 0.15) is 12.6 Å². The first-order chi connectivity index (χ1) is 18.3. The number of rotatable bonds is 10. The standard InChI is InChI=1S/C28H30Cl3N3O4S/c1-18(2)32-28(36)20(4)33(16-23-24(30)9-7-10-25(23)31)27(35)17-34(26-11-6-5-8-19(26)3)39(37,38)22-14-12-21(29)13-15-22/h5-15,18,20H,16-17H2,1-4H3,(H,32,36)/t20-/m0/s1. The molecule has 0 saturated carbocycles. The Morgan fingerprint density at radius 3 is 2.03 bits per heavy atom. The second-order valence-electron chi connectivity index (χ2n) is 9.31. The summed E-state index contributed by atoms with van der Waals surface area (Å²) in [6, 6.07) is 16.4.